The zero-order valence-corrected chi connectivity index (χ0v) is 13.9. The Labute approximate surface area is 123 Å². The Morgan fingerprint density at radius 1 is 1.25 bits per heavy atom. The second-order valence-corrected chi connectivity index (χ2v) is 7.58. The van der Waals surface area contributed by atoms with Gasteiger partial charge in [-0.15, -0.1) is 0 Å². The van der Waals surface area contributed by atoms with E-state index in [1.165, 1.54) is 4.31 Å². The molecule has 0 aliphatic heterocycles. The topological polar surface area (TPSA) is 49.4 Å². The summed E-state index contributed by atoms with van der Waals surface area (Å²) in [5, 5.41) is 3.29. The fraction of sp³-hybridized carbons (Fsp3) is 0.600. The van der Waals surface area contributed by atoms with Crippen LogP contribution in [-0.2, 0) is 10.0 Å². The number of sulfonamides is 1. The molecule has 0 fully saturated rings. The lowest BCUT2D eigenvalue weighted by molar-refractivity contribution is 0.417. The first-order valence-corrected chi connectivity index (χ1v) is 8.52. The third-order valence-electron chi connectivity index (χ3n) is 3.20. The molecule has 0 saturated carbocycles. The third-order valence-corrected chi connectivity index (χ3v) is 5.02. The maximum atomic E-state index is 12.5. The second-order valence-electron chi connectivity index (χ2n) is 5.53. The van der Waals surface area contributed by atoms with Gasteiger partial charge in [0, 0.05) is 19.6 Å². The quantitative estimate of drug-likeness (QED) is 0.842. The van der Waals surface area contributed by atoms with Gasteiger partial charge in [0.1, 0.15) is 0 Å². The van der Waals surface area contributed by atoms with Crippen LogP contribution in [0.15, 0.2) is 29.2 Å². The molecule has 1 unspecified atom stereocenters. The first-order valence-electron chi connectivity index (χ1n) is 7.08. The molecule has 1 rings (SSSR count). The predicted octanol–water partition coefficient (Wildman–Crippen LogP) is 2.63. The number of hydrogen-bond donors (Lipinski definition) is 1. The van der Waals surface area contributed by atoms with Gasteiger partial charge in [-0.05, 0) is 37.1 Å². The first-order chi connectivity index (χ1) is 9.28. The molecule has 0 radical (unpaired) electrons. The lowest BCUT2D eigenvalue weighted by atomic mass is 10.1. The number of nitrogens with zero attached hydrogens (tertiary/aromatic N) is 1. The number of nitrogens with one attached hydrogen (secondary N) is 1. The van der Waals surface area contributed by atoms with Crippen LogP contribution in [0.4, 0.5) is 0 Å². The van der Waals surface area contributed by atoms with Gasteiger partial charge in [-0.1, -0.05) is 32.9 Å². The highest BCUT2D eigenvalue weighted by molar-refractivity contribution is 7.89. The van der Waals surface area contributed by atoms with Crippen molar-refractivity contribution < 1.29 is 8.42 Å². The van der Waals surface area contributed by atoms with Gasteiger partial charge in [-0.3, -0.25) is 0 Å². The molecule has 0 heterocycles. The minimum atomic E-state index is -3.40. The van der Waals surface area contributed by atoms with Crippen LogP contribution < -0.4 is 5.32 Å². The van der Waals surface area contributed by atoms with Crippen molar-refractivity contribution in [2.45, 2.75) is 38.6 Å². The van der Waals surface area contributed by atoms with Gasteiger partial charge in [0.05, 0.1) is 4.90 Å². The van der Waals surface area contributed by atoms with Crippen LogP contribution in [0.3, 0.4) is 0 Å². The number of rotatable bonds is 7. The summed E-state index contributed by atoms with van der Waals surface area (Å²) in [7, 11) is -1.76. The highest BCUT2D eigenvalue weighted by Crippen LogP contribution is 2.20. The Morgan fingerprint density at radius 3 is 2.45 bits per heavy atom. The second kappa shape index (κ2) is 7.20. The summed E-state index contributed by atoms with van der Waals surface area (Å²) in [6.07, 6.45) is 0. The summed E-state index contributed by atoms with van der Waals surface area (Å²) < 4.78 is 26.4. The molecular formula is C15H26N2O2S. The molecule has 20 heavy (non-hydrogen) atoms. The molecule has 1 atom stereocenters. The highest BCUT2D eigenvalue weighted by Gasteiger charge is 2.22. The van der Waals surface area contributed by atoms with Crippen LogP contribution in [-0.4, -0.2) is 32.9 Å². The summed E-state index contributed by atoms with van der Waals surface area (Å²) in [5.74, 6) is 0.304. The molecular weight excluding hydrogens is 272 g/mol. The smallest absolute Gasteiger partial charge is 0.242 e. The Morgan fingerprint density at radius 2 is 1.90 bits per heavy atom. The Balaban J connectivity index is 3.04. The van der Waals surface area contributed by atoms with E-state index in [4.69, 9.17) is 0 Å². The van der Waals surface area contributed by atoms with Gasteiger partial charge in [-0.2, -0.15) is 0 Å². The molecule has 1 aromatic rings. The molecule has 0 amide bonds. The molecule has 0 saturated heterocycles. The van der Waals surface area contributed by atoms with Gasteiger partial charge >= 0.3 is 0 Å². The standard InChI is InChI=1S/C15H26N2O2S/c1-6-16-13(4)14-8-7-9-15(10-14)20(18,19)17(5)11-12(2)3/h7-10,12-13,16H,6,11H2,1-5H3. The summed E-state index contributed by atoms with van der Waals surface area (Å²) in [5.41, 5.74) is 0.992. The van der Waals surface area contributed by atoms with Crippen LogP contribution in [0, 0.1) is 5.92 Å². The van der Waals surface area contributed by atoms with E-state index in [0.717, 1.165) is 12.1 Å². The fourth-order valence-electron chi connectivity index (χ4n) is 2.16. The molecule has 0 bridgehead atoms. The average Bonchev–Trinajstić information content (AvgIpc) is 2.38. The Bertz CT molecular complexity index is 526. The Hall–Kier alpha value is -0.910. The number of hydrogen-bond acceptors (Lipinski definition) is 3. The van der Waals surface area contributed by atoms with Gasteiger partial charge in [-0.25, -0.2) is 12.7 Å². The molecule has 0 aliphatic rings. The van der Waals surface area contributed by atoms with Crippen LogP contribution in [0.5, 0.6) is 0 Å². The normalized spacial score (nSPS) is 13.9. The van der Waals surface area contributed by atoms with E-state index in [2.05, 4.69) is 5.32 Å². The monoisotopic (exact) mass is 298 g/mol. The first kappa shape index (κ1) is 17.1. The van der Waals surface area contributed by atoms with E-state index in [-0.39, 0.29) is 6.04 Å². The van der Waals surface area contributed by atoms with Crippen LogP contribution in [0.1, 0.15) is 39.3 Å². The average molecular weight is 298 g/mol. The number of benzene rings is 1. The Kier molecular flexibility index (Phi) is 6.17. The van der Waals surface area contributed by atoms with Crippen molar-refractivity contribution in [1.82, 2.24) is 9.62 Å². The van der Waals surface area contributed by atoms with E-state index in [1.54, 1.807) is 25.2 Å². The summed E-state index contributed by atoms with van der Waals surface area (Å²) in [6, 6.07) is 7.33. The summed E-state index contributed by atoms with van der Waals surface area (Å²) >= 11 is 0. The molecule has 0 spiro atoms. The lowest BCUT2D eigenvalue weighted by Gasteiger charge is -2.20. The predicted molar refractivity (Wildman–Crippen MR) is 83.2 cm³/mol. The van der Waals surface area contributed by atoms with E-state index in [1.807, 2.05) is 33.8 Å². The van der Waals surface area contributed by atoms with E-state index in [9.17, 15) is 8.42 Å². The zero-order valence-electron chi connectivity index (χ0n) is 13.1. The van der Waals surface area contributed by atoms with Crippen LogP contribution in [0.25, 0.3) is 0 Å². The maximum Gasteiger partial charge on any atom is 0.242 e. The largest absolute Gasteiger partial charge is 0.310 e. The maximum absolute atomic E-state index is 12.5. The van der Waals surface area contributed by atoms with Crippen LogP contribution >= 0.6 is 0 Å². The van der Waals surface area contributed by atoms with Gasteiger partial charge in [0.2, 0.25) is 10.0 Å². The highest BCUT2D eigenvalue weighted by atomic mass is 32.2. The molecule has 5 heteroatoms. The van der Waals surface area contributed by atoms with E-state index < -0.39 is 10.0 Å². The lowest BCUT2D eigenvalue weighted by Crippen LogP contribution is -2.30. The molecule has 1 aromatic carbocycles. The summed E-state index contributed by atoms with van der Waals surface area (Å²) in [6.45, 7) is 9.46. The van der Waals surface area contributed by atoms with Gasteiger partial charge in [0.25, 0.3) is 0 Å². The van der Waals surface area contributed by atoms with Crippen molar-refractivity contribution in [1.29, 1.82) is 0 Å². The van der Waals surface area contributed by atoms with E-state index >= 15 is 0 Å². The fourth-order valence-corrected chi connectivity index (χ4v) is 3.55. The minimum absolute atomic E-state index is 0.144. The van der Waals surface area contributed by atoms with Crippen molar-refractivity contribution in [3.05, 3.63) is 29.8 Å². The van der Waals surface area contributed by atoms with Crippen molar-refractivity contribution in [3.8, 4) is 0 Å². The van der Waals surface area contributed by atoms with Crippen molar-refractivity contribution in [2.75, 3.05) is 20.1 Å². The van der Waals surface area contributed by atoms with Crippen molar-refractivity contribution >= 4 is 10.0 Å². The van der Waals surface area contributed by atoms with Crippen LogP contribution in [0.2, 0.25) is 0 Å². The summed E-state index contributed by atoms with van der Waals surface area (Å²) in [4.78, 5) is 0.364. The zero-order chi connectivity index (χ0) is 15.3. The molecule has 0 aliphatic carbocycles. The SMILES string of the molecule is CCNC(C)c1cccc(S(=O)(=O)N(C)CC(C)C)c1. The van der Waals surface area contributed by atoms with Gasteiger partial charge < -0.3 is 5.32 Å². The third kappa shape index (κ3) is 4.30. The molecule has 0 aromatic heterocycles. The molecule has 114 valence electrons. The van der Waals surface area contributed by atoms with Crippen molar-refractivity contribution in [3.63, 3.8) is 0 Å². The minimum Gasteiger partial charge on any atom is -0.310 e. The van der Waals surface area contributed by atoms with E-state index in [0.29, 0.717) is 17.4 Å². The van der Waals surface area contributed by atoms with Crippen molar-refractivity contribution in [2.24, 2.45) is 5.92 Å². The van der Waals surface area contributed by atoms with Gasteiger partial charge in [0.15, 0.2) is 0 Å². The molecule has 4 nitrogen and oxygen atoms in total. The molecule has 1 N–H and O–H groups in total.